The molecule has 0 radical (unpaired) electrons. The molecule has 1 rings (SSSR count). The van der Waals surface area contributed by atoms with Gasteiger partial charge in [0.05, 0.1) is 5.56 Å². The number of ether oxygens (including phenoxy) is 2. The number of nitrogens with one attached hydrogen (secondary N) is 1. The maximum absolute atomic E-state index is 12.3. The Balaban J connectivity index is 2.46. The standard InChI is InChI=1S/C15H20I3NO3/c1-3-21-13(22-4-2)6-5-7-19-15(20)11-8-10(16)9-12(17)14(11)18/h8-9,13H,3-7H2,1-2H3,(H,19,20). The van der Waals surface area contributed by atoms with E-state index in [9.17, 15) is 4.79 Å². The topological polar surface area (TPSA) is 47.6 Å². The van der Waals surface area contributed by atoms with Gasteiger partial charge in [-0.3, -0.25) is 4.79 Å². The number of hydrogen-bond acceptors (Lipinski definition) is 3. The number of halogens is 3. The first kappa shape index (κ1) is 20.8. The zero-order valence-corrected chi connectivity index (χ0v) is 19.1. The second kappa shape index (κ2) is 11.4. The molecule has 1 N–H and O–H groups in total. The molecule has 1 aromatic rings. The highest BCUT2D eigenvalue weighted by molar-refractivity contribution is 14.1. The Morgan fingerprint density at radius 1 is 1.18 bits per heavy atom. The van der Waals surface area contributed by atoms with Crippen LogP contribution in [0.5, 0.6) is 0 Å². The van der Waals surface area contributed by atoms with Crippen LogP contribution in [0.15, 0.2) is 12.1 Å². The van der Waals surface area contributed by atoms with Crippen molar-refractivity contribution in [3.05, 3.63) is 28.4 Å². The van der Waals surface area contributed by atoms with Crippen LogP contribution in [0.1, 0.15) is 37.0 Å². The van der Waals surface area contributed by atoms with Crippen molar-refractivity contribution >= 4 is 73.7 Å². The summed E-state index contributed by atoms with van der Waals surface area (Å²) in [6.45, 7) is 5.79. The van der Waals surface area contributed by atoms with E-state index in [-0.39, 0.29) is 12.2 Å². The number of benzene rings is 1. The number of amides is 1. The van der Waals surface area contributed by atoms with Crippen molar-refractivity contribution in [2.24, 2.45) is 0 Å². The van der Waals surface area contributed by atoms with Crippen LogP contribution in [-0.2, 0) is 9.47 Å². The van der Waals surface area contributed by atoms with Crippen molar-refractivity contribution in [2.75, 3.05) is 19.8 Å². The van der Waals surface area contributed by atoms with Crippen molar-refractivity contribution in [1.82, 2.24) is 5.32 Å². The largest absolute Gasteiger partial charge is 0.353 e. The number of rotatable bonds is 9. The monoisotopic (exact) mass is 643 g/mol. The molecule has 0 aliphatic heterocycles. The smallest absolute Gasteiger partial charge is 0.252 e. The van der Waals surface area contributed by atoms with E-state index in [4.69, 9.17) is 9.47 Å². The van der Waals surface area contributed by atoms with Crippen LogP contribution >= 0.6 is 67.8 Å². The number of hydrogen-bond donors (Lipinski definition) is 1. The molecule has 0 unspecified atom stereocenters. The Labute approximate surface area is 172 Å². The zero-order valence-electron chi connectivity index (χ0n) is 12.6. The highest BCUT2D eigenvalue weighted by atomic mass is 127. The highest BCUT2D eigenvalue weighted by Crippen LogP contribution is 2.22. The summed E-state index contributed by atoms with van der Waals surface area (Å²) < 4.78 is 14.1. The molecule has 22 heavy (non-hydrogen) atoms. The first-order valence-electron chi connectivity index (χ1n) is 7.15. The Bertz CT molecular complexity index is 491. The Hall–Kier alpha value is 0.800. The molecule has 4 nitrogen and oxygen atoms in total. The van der Waals surface area contributed by atoms with Crippen LogP contribution in [0.25, 0.3) is 0 Å². The van der Waals surface area contributed by atoms with Crippen LogP contribution in [-0.4, -0.2) is 32.0 Å². The highest BCUT2D eigenvalue weighted by Gasteiger charge is 2.14. The van der Waals surface area contributed by atoms with Gasteiger partial charge >= 0.3 is 0 Å². The van der Waals surface area contributed by atoms with E-state index >= 15 is 0 Å². The van der Waals surface area contributed by atoms with E-state index in [2.05, 4.69) is 79.2 Å². The van der Waals surface area contributed by atoms with Gasteiger partial charge < -0.3 is 14.8 Å². The minimum atomic E-state index is -0.175. The fraction of sp³-hybridized carbons (Fsp3) is 0.533. The van der Waals surface area contributed by atoms with Gasteiger partial charge in [-0.2, -0.15) is 0 Å². The summed E-state index contributed by atoms with van der Waals surface area (Å²) >= 11 is 6.71. The molecule has 0 aliphatic rings. The molecule has 0 aliphatic carbocycles. The van der Waals surface area contributed by atoms with E-state index in [1.165, 1.54) is 0 Å². The van der Waals surface area contributed by atoms with Crippen molar-refractivity contribution in [1.29, 1.82) is 0 Å². The second-order valence-corrected chi connectivity index (χ2v) is 7.97. The summed E-state index contributed by atoms with van der Waals surface area (Å²) in [5, 5.41) is 2.97. The normalized spacial score (nSPS) is 11.0. The van der Waals surface area contributed by atoms with Gasteiger partial charge in [0.25, 0.3) is 5.91 Å². The van der Waals surface area contributed by atoms with Crippen molar-refractivity contribution in [3.8, 4) is 0 Å². The Morgan fingerprint density at radius 3 is 2.41 bits per heavy atom. The maximum atomic E-state index is 12.3. The first-order chi connectivity index (χ1) is 10.5. The van der Waals surface area contributed by atoms with Gasteiger partial charge in [0.1, 0.15) is 0 Å². The second-order valence-electron chi connectivity index (χ2n) is 4.49. The lowest BCUT2D eigenvalue weighted by Crippen LogP contribution is -2.27. The molecule has 7 heteroatoms. The molecule has 0 aromatic heterocycles. The third kappa shape index (κ3) is 7.14. The van der Waals surface area contributed by atoms with Crippen LogP contribution < -0.4 is 5.32 Å². The summed E-state index contributed by atoms with van der Waals surface area (Å²) in [4.78, 5) is 12.3. The van der Waals surface area contributed by atoms with Crippen LogP contribution in [0, 0.1) is 10.7 Å². The van der Waals surface area contributed by atoms with E-state index in [0.717, 1.165) is 29.1 Å². The molecule has 124 valence electrons. The zero-order chi connectivity index (χ0) is 16.5. The lowest BCUT2D eigenvalue weighted by atomic mass is 10.2. The van der Waals surface area contributed by atoms with Gasteiger partial charge in [0.2, 0.25) is 0 Å². The maximum Gasteiger partial charge on any atom is 0.252 e. The van der Waals surface area contributed by atoms with E-state index in [1.807, 2.05) is 19.9 Å². The Kier molecular flexibility index (Phi) is 10.8. The average Bonchev–Trinajstić information content (AvgIpc) is 2.47. The molecule has 1 amide bonds. The SMILES string of the molecule is CCOC(CCCNC(=O)c1cc(I)cc(I)c1I)OCC. The third-order valence-corrected chi connectivity index (χ3v) is 6.51. The molecule has 0 spiro atoms. The average molecular weight is 643 g/mol. The fourth-order valence-corrected chi connectivity index (χ4v) is 4.27. The molecule has 0 saturated heterocycles. The predicted molar refractivity (Wildman–Crippen MR) is 113 cm³/mol. The predicted octanol–water partition coefficient (Wildman–Crippen LogP) is 4.41. The first-order valence-corrected chi connectivity index (χ1v) is 10.4. The fourth-order valence-electron chi connectivity index (χ4n) is 1.87. The molecule has 0 fully saturated rings. The van der Waals surface area contributed by atoms with Gasteiger partial charge in [-0.25, -0.2) is 0 Å². The molecular weight excluding hydrogens is 623 g/mol. The van der Waals surface area contributed by atoms with E-state index in [1.54, 1.807) is 0 Å². The van der Waals surface area contributed by atoms with Gasteiger partial charge in [-0.1, -0.05) is 0 Å². The summed E-state index contributed by atoms with van der Waals surface area (Å²) in [7, 11) is 0. The van der Waals surface area contributed by atoms with Gasteiger partial charge in [0.15, 0.2) is 6.29 Å². The van der Waals surface area contributed by atoms with Crippen LogP contribution in [0.3, 0.4) is 0 Å². The molecule has 1 aromatic carbocycles. The molecule has 0 heterocycles. The van der Waals surface area contributed by atoms with Gasteiger partial charge in [0, 0.05) is 36.9 Å². The Morgan fingerprint density at radius 2 is 1.82 bits per heavy atom. The molecule has 0 bridgehead atoms. The van der Waals surface area contributed by atoms with Crippen molar-refractivity contribution in [2.45, 2.75) is 33.0 Å². The molecule has 0 atom stereocenters. The van der Waals surface area contributed by atoms with E-state index in [0.29, 0.717) is 19.8 Å². The van der Waals surface area contributed by atoms with Crippen molar-refractivity contribution < 1.29 is 14.3 Å². The van der Waals surface area contributed by atoms with Crippen molar-refractivity contribution in [3.63, 3.8) is 0 Å². The number of carbonyl (C=O) groups is 1. The lowest BCUT2D eigenvalue weighted by Gasteiger charge is -2.16. The molecular formula is C15H20I3NO3. The molecule has 0 saturated carbocycles. The third-order valence-electron chi connectivity index (χ3n) is 2.84. The summed E-state index contributed by atoms with van der Waals surface area (Å²) in [5.74, 6) is -0.0230. The van der Waals surface area contributed by atoms with Crippen LogP contribution in [0.4, 0.5) is 0 Å². The summed E-state index contributed by atoms with van der Waals surface area (Å²) in [5.41, 5.74) is 0.739. The summed E-state index contributed by atoms with van der Waals surface area (Å²) in [6, 6.07) is 3.98. The summed E-state index contributed by atoms with van der Waals surface area (Å²) in [6.07, 6.45) is 1.43. The minimum Gasteiger partial charge on any atom is -0.353 e. The van der Waals surface area contributed by atoms with Gasteiger partial charge in [-0.15, -0.1) is 0 Å². The van der Waals surface area contributed by atoms with Gasteiger partial charge in [-0.05, 0) is 100 Å². The number of carbonyl (C=O) groups excluding carboxylic acids is 1. The van der Waals surface area contributed by atoms with E-state index < -0.39 is 0 Å². The lowest BCUT2D eigenvalue weighted by molar-refractivity contribution is -0.139. The van der Waals surface area contributed by atoms with Crippen LogP contribution in [0.2, 0.25) is 0 Å². The quantitative estimate of drug-likeness (QED) is 0.188. The minimum absolute atomic E-state index is 0.0230.